The van der Waals surface area contributed by atoms with Gasteiger partial charge in [0.25, 0.3) is 0 Å². The number of aliphatic hydroxyl groups excluding tert-OH is 4. The summed E-state index contributed by atoms with van der Waals surface area (Å²) < 4.78 is 23.0. The first-order valence-corrected chi connectivity index (χ1v) is 27.7. The predicted molar refractivity (Wildman–Crippen MR) is 275 cm³/mol. The average Bonchev–Trinajstić information content (AvgIpc) is 3.32. The average molecular weight is 933 g/mol. The van der Waals surface area contributed by atoms with Gasteiger partial charge in [-0.1, -0.05) is 236 Å². The number of allylic oxidation sites excluding steroid dienone is 8. The summed E-state index contributed by atoms with van der Waals surface area (Å²) >= 11 is 0. The molecule has 0 spiro atoms. The van der Waals surface area contributed by atoms with Crippen LogP contribution in [0, 0.1) is 0 Å². The van der Waals surface area contributed by atoms with Crippen LogP contribution >= 0.6 is 0 Å². The fourth-order valence-corrected chi connectivity index (χ4v) is 8.49. The van der Waals surface area contributed by atoms with E-state index in [1.165, 1.54) is 161 Å². The zero-order chi connectivity index (χ0) is 47.8. The van der Waals surface area contributed by atoms with Gasteiger partial charge in [-0.2, -0.15) is 0 Å². The summed E-state index contributed by atoms with van der Waals surface area (Å²) in [4.78, 5) is 12.9. The summed E-state index contributed by atoms with van der Waals surface area (Å²) in [6.45, 7) is 4.48. The van der Waals surface area contributed by atoms with Gasteiger partial charge >= 0.3 is 5.97 Å². The maximum absolute atomic E-state index is 12.9. The molecule has 0 radical (unpaired) electrons. The van der Waals surface area contributed by atoms with Crippen LogP contribution in [0.2, 0.25) is 0 Å². The second-order valence-electron chi connectivity index (χ2n) is 19.0. The quantitative estimate of drug-likeness (QED) is 0.0267. The first-order valence-electron chi connectivity index (χ1n) is 27.7. The van der Waals surface area contributed by atoms with E-state index in [2.05, 4.69) is 62.5 Å². The lowest BCUT2D eigenvalue weighted by molar-refractivity contribution is -0.305. The van der Waals surface area contributed by atoms with Crippen molar-refractivity contribution in [2.75, 3.05) is 26.4 Å². The molecule has 1 aliphatic rings. The zero-order valence-corrected chi connectivity index (χ0v) is 42.7. The minimum atomic E-state index is -1.54. The Balaban J connectivity index is 2.17. The third-order valence-corrected chi connectivity index (χ3v) is 12.8. The molecule has 0 aromatic rings. The number of aliphatic hydroxyl groups is 4. The number of hydrogen-bond acceptors (Lipinski definition) is 9. The van der Waals surface area contributed by atoms with Crippen molar-refractivity contribution in [1.29, 1.82) is 0 Å². The minimum absolute atomic E-state index is 0.115. The number of carbonyl (C=O) groups excluding carboxylic acids is 1. The lowest BCUT2D eigenvalue weighted by Gasteiger charge is -2.39. The molecule has 0 saturated carbocycles. The van der Waals surface area contributed by atoms with Gasteiger partial charge in [0.2, 0.25) is 0 Å². The SMILES string of the molecule is CC/C=C\C/C=C\C/C=C\C/C=C\CCCCCCCCCCC(=O)OC(COCCCCCCCCCCCCCCCCCCCCCCCC)COC1OC(CO)C(O)C(O)C1O. The van der Waals surface area contributed by atoms with Gasteiger partial charge in [0.05, 0.1) is 19.8 Å². The molecule has 9 nitrogen and oxygen atoms in total. The van der Waals surface area contributed by atoms with E-state index < -0.39 is 43.4 Å². The Labute approximate surface area is 405 Å². The van der Waals surface area contributed by atoms with Crippen molar-refractivity contribution in [2.45, 2.75) is 282 Å². The zero-order valence-electron chi connectivity index (χ0n) is 42.7. The molecular formula is C57H104O9. The van der Waals surface area contributed by atoms with Gasteiger partial charge in [0.15, 0.2) is 6.29 Å². The maximum atomic E-state index is 12.9. The minimum Gasteiger partial charge on any atom is -0.457 e. The van der Waals surface area contributed by atoms with Gasteiger partial charge in [-0.05, 0) is 51.4 Å². The van der Waals surface area contributed by atoms with Crippen molar-refractivity contribution in [3.05, 3.63) is 48.6 Å². The first kappa shape index (κ1) is 62.2. The highest BCUT2D eigenvalue weighted by atomic mass is 16.7. The monoisotopic (exact) mass is 933 g/mol. The highest BCUT2D eigenvalue weighted by Crippen LogP contribution is 2.23. The molecule has 0 aromatic carbocycles. The Morgan fingerprint density at radius 2 is 0.924 bits per heavy atom. The number of ether oxygens (including phenoxy) is 4. The molecule has 1 aliphatic heterocycles. The molecule has 1 rings (SSSR count). The fourth-order valence-electron chi connectivity index (χ4n) is 8.49. The Morgan fingerprint density at radius 1 is 0.500 bits per heavy atom. The van der Waals surface area contributed by atoms with Gasteiger partial charge in [-0.3, -0.25) is 4.79 Å². The van der Waals surface area contributed by atoms with Crippen molar-refractivity contribution >= 4 is 5.97 Å². The Kier molecular flexibility index (Phi) is 45.4. The van der Waals surface area contributed by atoms with Crippen LogP contribution in [0.3, 0.4) is 0 Å². The van der Waals surface area contributed by atoms with Crippen LogP contribution in [-0.4, -0.2) is 89.6 Å². The summed E-state index contributed by atoms with van der Waals surface area (Å²) in [7, 11) is 0. The standard InChI is InChI=1S/C57H104O9/c1-3-5-7-9-11-13-15-17-19-21-23-25-27-29-31-33-35-37-39-41-43-45-47-63-49-51(50-64-57-56(62)55(61)54(60)52(48-58)66-57)65-53(59)46-44-42-40-38-36-34-32-30-28-26-24-22-20-18-16-14-12-10-8-6-4-2/h6,8,12,14,18,20,24,26,51-52,54-58,60-62H,3-5,7,9-11,13,15-17,19,21-23,25,27-50H2,1-2H3/b8-6-,14-12-,20-18-,26-24-. The topological polar surface area (TPSA) is 135 Å². The van der Waals surface area contributed by atoms with E-state index >= 15 is 0 Å². The summed E-state index contributed by atoms with van der Waals surface area (Å²) in [5.41, 5.74) is 0. The second-order valence-corrected chi connectivity index (χ2v) is 19.0. The number of unbranched alkanes of at least 4 members (excludes halogenated alkanes) is 29. The molecular weight excluding hydrogens is 829 g/mol. The molecule has 9 heteroatoms. The molecule has 6 unspecified atom stereocenters. The largest absolute Gasteiger partial charge is 0.457 e. The molecule has 1 heterocycles. The van der Waals surface area contributed by atoms with Gasteiger partial charge < -0.3 is 39.4 Å². The Morgan fingerprint density at radius 3 is 1.39 bits per heavy atom. The molecule has 1 saturated heterocycles. The maximum Gasteiger partial charge on any atom is 0.306 e. The van der Waals surface area contributed by atoms with Crippen LogP contribution in [0.15, 0.2) is 48.6 Å². The molecule has 0 amide bonds. The van der Waals surface area contributed by atoms with Crippen molar-refractivity contribution in [1.82, 2.24) is 0 Å². The van der Waals surface area contributed by atoms with Gasteiger partial charge in [-0.15, -0.1) is 0 Å². The van der Waals surface area contributed by atoms with Gasteiger partial charge in [-0.25, -0.2) is 0 Å². The number of rotatable bonds is 48. The van der Waals surface area contributed by atoms with Crippen LogP contribution < -0.4 is 0 Å². The van der Waals surface area contributed by atoms with Crippen LogP contribution in [0.5, 0.6) is 0 Å². The molecule has 0 bridgehead atoms. The number of hydrogen-bond donors (Lipinski definition) is 4. The van der Waals surface area contributed by atoms with Gasteiger partial charge in [0, 0.05) is 13.0 Å². The summed E-state index contributed by atoms with van der Waals surface area (Å²) in [6, 6.07) is 0. The lowest BCUT2D eigenvalue weighted by Crippen LogP contribution is -2.59. The van der Waals surface area contributed by atoms with E-state index in [9.17, 15) is 25.2 Å². The van der Waals surface area contributed by atoms with Crippen molar-refractivity contribution in [3.8, 4) is 0 Å². The highest BCUT2D eigenvalue weighted by Gasteiger charge is 2.44. The van der Waals surface area contributed by atoms with Crippen LogP contribution in [0.4, 0.5) is 0 Å². The normalized spacial score (nSPS) is 19.6. The lowest BCUT2D eigenvalue weighted by atomic mass is 9.99. The molecule has 66 heavy (non-hydrogen) atoms. The van der Waals surface area contributed by atoms with Crippen LogP contribution in [0.25, 0.3) is 0 Å². The third kappa shape index (κ3) is 38.1. The van der Waals surface area contributed by atoms with Crippen molar-refractivity contribution < 1.29 is 44.2 Å². The molecule has 1 fully saturated rings. The summed E-state index contributed by atoms with van der Waals surface area (Å²) in [5, 5.41) is 40.3. The second kappa shape index (κ2) is 48.2. The smallest absolute Gasteiger partial charge is 0.306 e. The van der Waals surface area contributed by atoms with E-state index in [0.717, 1.165) is 64.2 Å². The molecule has 0 aromatic heterocycles. The van der Waals surface area contributed by atoms with Crippen LogP contribution in [-0.2, 0) is 23.7 Å². The molecule has 4 N–H and O–H groups in total. The predicted octanol–water partition coefficient (Wildman–Crippen LogP) is 14.0. The Hall–Kier alpha value is -1.85. The molecule has 6 atom stereocenters. The van der Waals surface area contributed by atoms with E-state index in [0.29, 0.717) is 13.0 Å². The Bertz CT molecular complexity index is 1150. The molecule has 0 aliphatic carbocycles. The number of carbonyl (C=O) groups is 1. The number of esters is 1. The fraction of sp³-hybridized carbons (Fsp3) is 0.842. The van der Waals surface area contributed by atoms with E-state index in [4.69, 9.17) is 18.9 Å². The highest BCUT2D eigenvalue weighted by molar-refractivity contribution is 5.69. The third-order valence-electron chi connectivity index (χ3n) is 12.8. The van der Waals surface area contributed by atoms with Crippen LogP contribution in [0.1, 0.15) is 245 Å². The first-order chi connectivity index (χ1) is 32.4. The summed E-state index contributed by atoms with van der Waals surface area (Å²) in [6.07, 6.45) is 54.4. The van der Waals surface area contributed by atoms with Crippen molar-refractivity contribution in [3.63, 3.8) is 0 Å². The van der Waals surface area contributed by atoms with E-state index in [-0.39, 0.29) is 19.2 Å². The van der Waals surface area contributed by atoms with Gasteiger partial charge in [0.1, 0.15) is 30.5 Å². The molecule has 386 valence electrons. The van der Waals surface area contributed by atoms with Crippen molar-refractivity contribution in [2.24, 2.45) is 0 Å². The van der Waals surface area contributed by atoms with E-state index in [1.54, 1.807) is 0 Å². The van der Waals surface area contributed by atoms with E-state index in [1.807, 2.05) is 0 Å². The summed E-state index contributed by atoms with van der Waals surface area (Å²) in [5.74, 6) is -0.318.